The SMILES string of the molecule is CC(C)(C)C1CCN(S(=O)(=O)c2cnc(N)c(Cl)c2)C1. The summed E-state index contributed by atoms with van der Waals surface area (Å²) in [6.07, 6.45) is 2.14. The third-order valence-corrected chi connectivity index (χ3v) is 5.99. The number of hydrogen-bond acceptors (Lipinski definition) is 4. The first kappa shape index (κ1) is 15.5. The average molecular weight is 318 g/mol. The maximum Gasteiger partial charge on any atom is 0.244 e. The Morgan fingerprint density at radius 2 is 2.10 bits per heavy atom. The van der Waals surface area contributed by atoms with Crippen LogP contribution in [0.15, 0.2) is 17.2 Å². The summed E-state index contributed by atoms with van der Waals surface area (Å²) >= 11 is 5.86. The zero-order valence-corrected chi connectivity index (χ0v) is 13.5. The van der Waals surface area contributed by atoms with Crippen LogP contribution < -0.4 is 5.73 Å². The monoisotopic (exact) mass is 317 g/mol. The van der Waals surface area contributed by atoms with Gasteiger partial charge in [-0.15, -0.1) is 0 Å². The van der Waals surface area contributed by atoms with Crippen LogP contribution in [-0.4, -0.2) is 30.8 Å². The van der Waals surface area contributed by atoms with E-state index in [9.17, 15) is 8.42 Å². The molecule has 2 N–H and O–H groups in total. The molecule has 112 valence electrons. The van der Waals surface area contributed by atoms with Gasteiger partial charge in [0.05, 0.1) is 5.02 Å². The molecule has 0 amide bonds. The van der Waals surface area contributed by atoms with Gasteiger partial charge in [0, 0.05) is 19.3 Å². The second-order valence-electron chi connectivity index (χ2n) is 6.25. The van der Waals surface area contributed by atoms with Crippen LogP contribution in [0.1, 0.15) is 27.2 Å². The van der Waals surface area contributed by atoms with Crippen LogP contribution in [0.3, 0.4) is 0 Å². The molecule has 1 aromatic heterocycles. The molecule has 0 radical (unpaired) electrons. The van der Waals surface area contributed by atoms with Gasteiger partial charge in [0.2, 0.25) is 10.0 Å². The largest absolute Gasteiger partial charge is 0.382 e. The fourth-order valence-electron chi connectivity index (χ4n) is 2.37. The summed E-state index contributed by atoms with van der Waals surface area (Å²) in [5, 5.41) is 0.164. The second-order valence-corrected chi connectivity index (χ2v) is 8.60. The molecule has 7 heteroatoms. The van der Waals surface area contributed by atoms with Crippen molar-refractivity contribution in [2.24, 2.45) is 11.3 Å². The van der Waals surface area contributed by atoms with Crippen molar-refractivity contribution >= 4 is 27.4 Å². The van der Waals surface area contributed by atoms with Gasteiger partial charge >= 0.3 is 0 Å². The number of hydrogen-bond donors (Lipinski definition) is 1. The first-order valence-electron chi connectivity index (χ1n) is 6.53. The summed E-state index contributed by atoms with van der Waals surface area (Å²) in [6.45, 7) is 7.47. The maximum absolute atomic E-state index is 12.6. The van der Waals surface area contributed by atoms with Gasteiger partial charge in [0.15, 0.2) is 0 Å². The van der Waals surface area contributed by atoms with Crippen molar-refractivity contribution in [3.05, 3.63) is 17.3 Å². The molecule has 0 saturated carbocycles. The highest BCUT2D eigenvalue weighted by molar-refractivity contribution is 7.89. The van der Waals surface area contributed by atoms with E-state index < -0.39 is 10.0 Å². The van der Waals surface area contributed by atoms with Crippen molar-refractivity contribution in [3.8, 4) is 0 Å². The molecule has 0 aliphatic carbocycles. The lowest BCUT2D eigenvalue weighted by Gasteiger charge is -2.26. The minimum absolute atomic E-state index is 0.0985. The molecule has 2 rings (SSSR count). The van der Waals surface area contributed by atoms with Gasteiger partial charge < -0.3 is 5.73 Å². The highest BCUT2D eigenvalue weighted by atomic mass is 35.5. The Hall–Kier alpha value is -0.850. The Labute approximate surface area is 125 Å². The first-order valence-corrected chi connectivity index (χ1v) is 8.35. The molecule has 1 saturated heterocycles. The van der Waals surface area contributed by atoms with E-state index in [1.807, 2.05) is 0 Å². The number of halogens is 1. The number of aromatic nitrogens is 1. The molecular formula is C13H20ClN3O2S. The normalized spacial score (nSPS) is 21.3. The predicted octanol–water partition coefficient (Wildman–Crippen LogP) is 2.37. The zero-order valence-electron chi connectivity index (χ0n) is 11.9. The highest BCUT2D eigenvalue weighted by Gasteiger charge is 2.37. The molecule has 1 aromatic rings. The Morgan fingerprint density at radius 1 is 1.45 bits per heavy atom. The summed E-state index contributed by atoms with van der Waals surface area (Å²) in [5.74, 6) is 0.495. The van der Waals surface area contributed by atoms with E-state index >= 15 is 0 Å². The smallest absolute Gasteiger partial charge is 0.244 e. The standard InChI is InChI=1S/C13H20ClN3O2S/c1-13(2,3)9-4-5-17(8-9)20(18,19)10-6-11(14)12(15)16-7-10/h6-7,9H,4-5,8H2,1-3H3,(H2,15,16). The van der Waals surface area contributed by atoms with Gasteiger partial charge in [-0.2, -0.15) is 4.31 Å². The molecule has 0 bridgehead atoms. The van der Waals surface area contributed by atoms with Crippen molar-refractivity contribution in [2.45, 2.75) is 32.1 Å². The number of pyridine rings is 1. The van der Waals surface area contributed by atoms with E-state index in [2.05, 4.69) is 25.8 Å². The van der Waals surface area contributed by atoms with Crippen molar-refractivity contribution in [2.75, 3.05) is 18.8 Å². The van der Waals surface area contributed by atoms with Gasteiger partial charge in [-0.1, -0.05) is 32.4 Å². The van der Waals surface area contributed by atoms with E-state index in [1.165, 1.54) is 16.6 Å². The van der Waals surface area contributed by atoms with E-state index in [-0.39, 0.29) is 21.2 Å². The molecule has 1 atom stereocenters. The van der Waals surface area contributed by atoms with Crippen LogP contribution in [0.25, 0.3) is 0 Å². The van der Waals surface area contributed by atoms with Gasteiger partial charge in [0.1, 0.15) is 10.7 Å². The van der Waals surface area contributed by atoms with Gasteiger partial charge in [0.25, 0.3) is 0 Å². The van der Waals surface area contributed by atoms with Crippen molar-refractivity contribution in [1.82, 2.24) is 9.29 Å². The molecule has 1 aliphatic rings. The van der Waals surface area contributed by atoms with Crippen LogP contribution >= 0.6 is 11.6 Å². The quantitative estimate of drug-likeness (QED) is 0.908. The topological polar surface area (TPSA) is 76.3 Å². The Balaban J connectivity index is 2.26. The minimum Gasteiger partial charge on any atom is -0.382 e. The van der Waals surface area contributed by atoms with Crippen LogP contribution in [-0.2, 0) is 10.0 Å². The third-order valence-electron chi connectivity index (χ3n) is 3.86. The lowest BCUT2D eigenvalue weighted by atomic mass is 9.80. The summed E-state index contributed by atoms with van der Waals surface area (Å²) in [6, 6.07) is 1.36. The summed E-state index contributed by atoms with van der Waals surface area (Å²) < 4.78 is 26.6. The molecule has 1 fully saturated rings. The Kier molecular flexibility index (Phi) is 4.01. The van der Waals surface area contributed by atoms with Gasteiger partial charge in [-0.25, -0.2) is 13.4 Å². The van der Waals surface area contributed by atoms with E-state index in [1.54, 1.807) is 0 Å². The second kappa shape index (κ2) is 5.16. The van der Waals surface area contributed by atoms with E-state index in [4.69, 9.17) is 17.3 Å². The predicted molar refractivity (Wildman–Crippen MR) is 80.0 cm³/mol. The number of nitrogens with zero attached hydrogens (tertiary/aromatic N) is 2. The fourth-order valence-corrected chi connectivity index (χ4v) is 4.08. The van der Waals surface area contributed by atoms with Crippen LogP contribution in [0, 0.1) is 11.3 Å². The van der Waals surface area contributed by atoms with Crippen LogP contribution in [0.5, 0.6) is 0 Å². The number of rotatable bonds is 2. The average Bonchev–Trinajstić information content (AvgIpc) is 2.82. The van der Waals surface area contributed by atoms with Gasteiger partial charge in [-0.05, 0) is 23.8 Å². The lowest BCUT2D eigenvalue weighted by Crippen LogP contribution is -2.31. The fraction of sp³-hybridized carbons (Fsp3) is 0.615. The summed E-state index contributed by atoms with van der Waals surface area (Å²) in [5.41, 5.74) is 5.61. The van der Waals surface area contributed by atoms with Crippen LogP contribution in [0.2, 0.25) is 5.02 Å². The Morgan fingerprint density at radius 3 is 2.60 bits per heavy atom. The molecule has 0 aromatic carbocycles. The zero-order chi connectivity index (χ0) is 15.1. The molecule has 0 spiro atoms. The summed E-state index contributed by atoms with van der Waals surface area (Å²) in [7, 11) is -3.54. The maximum atomic E-state index is 12.6. The van der Waals surface area contributed by atoms with Crippen molar-refractivity contribution in [1.29, 1.82) is 0 Å². The number of sulfonamides is 1. The number of nitrogen functional groups attached to an aromatic ring is 1. The molecule has 2 heterocycles. The molecule has 20 heavy (non-hydrogen) atoms. The molecular weight excluding hydrogens is 298 g/mol. The van der Waals surface area contributed by atoms with Crippen molar-refractivity contribution in [3.63, 3.8) is 0 Å². The molecule has 1 aliphatic heterocycles. The third kappa shape index (κ3) is 2.92. The molecule has 5 nitrogen and oxygen atoms in total. The Bertz CT molecular complexity index is 611. The highest BCUT2D eigenvalue weighted by Crippen LogP contribution is 2.36. The van der Waals surface area contributed by atoms with Crippen LogP contribution in [0.4, 0.5) is 5.82 Å². The minimum atomic E-state index is -3.54. The number of anilines is 1. The first-order chi connectivity index (χ1) is 9.12. The summed E-state index contributed by atoms with van der Waals surface area (Å²) in [4.78, 5) is 3.93. The lowest BCUT2D eigenvalue weighted by molar-refractivity contribution is 0.252. The molecule has 1 unspecified atom stereocenters. The van der Waals surface area contributed by atoms with Crippen molar-refractivity contribution < 1.29 is 8.42 Å². The number of nitrogens with two attached hydrogens (primary N) is 1. The van der Waals surface area contributed by atoms with E-state index in [0.717, 1.165) is 6.42 Å². The van der Waals surface area contributed by atoms with Gasteiger partial charge in [-0.3, -0.25) is 0 Å². The van der Waals surface area contributed by atoms with E-state index in [0.29, 0.717) is 19.0 Å².